The van der Waals surface area contributed by atoms with Crippen LogP contribution in [0.15, 0.2) is 95.1 Å². The minimum atomic E-state index is -0.893. The largest absolute Gasteiger partial charge is 0.497 e. The molecule has 180 valence electrons. The summed E-state index contributed by atoms with van der Waals surface area (Å²) < 4.78 is 5.37. The summed E-state index contributed by atoms with van der Waals surface area (Å²) in [4.78, 5) is 0. The van der Waals surface area contributed by atoms with Gasteiger partial charge in [-0.25, -0.2) is 10.0 Å². The fraction of sp³-hybridized carbons (Fsp3) is 0.286. The molecule has 2 N–H and O–H groups in total. The van der Waals surface area contributed by atoms with E-state index in [0.717, 1.165) is 34.1 Å². The fourth-order valence-corrected chi connectivity index (χ4v) is 5.26. The van der Waals surface area contributed by atoms with Gasteiger partial charge in [0.05, 0.1) is 30.3 Å². The van der Waals surface area contributed by atoms with Gasteiger partial charge in [-0.05, 0) is 55.8 Å². The van der Waals surface area contributed by atoms with Gasteiger partial charge in [-0.15, -0.1) is 0 Å². The summed E-state index contributed by atoms with van der Waals surface area (Å²) in [5.74, 6) is -0.242. The average molecular weight is 471 g/mol. The Hall–Kier alpha value is -3.68. The number of anilines is 2. The van der Waals surface area contributed by atoms with Crippen molar-refractivity contribution in [3.8, 4) is 5.75 Å². The molecule has 0 aliphatic carbocycles. The van der Waals surface area contributed by atoms with Crippen LogP contribution in [0.5, 0.6) is 5.75 Å². The molecular weight excluding hydrogens is 440 g/mol. The molecule has 0 saturated carbocycles. The molecule has 0 aromatic heterocycles. The lowest BCUT2D eigenvalue weighted by atomic mass is 9.72. The molecule has 7 heteroatoms. The van der Waals surface area contributed by atoms with Gasteiger partial charge >= 0.3 is 0 Å². The van der Waals surface area contributed by atoms with Crippen molar-refractivity contribution in [1.82, 2.24) is 0 Å². The zero-order valence-corrected chi connectivity index (χ0v) is 20.1. The molecule has 5 rings (SSSR count). The molecule has 3 aromatic carbocycles. The molecule has 4 atom stereocenters. The molecule has 7 nitrogen and oxygen atoms in total. The summed E-state index contributed by atoms with van der Waals surface area (Å²) in [6, 6.07) is 27.1. The number of para-hydroxylation sites is 2. The second-order valence-corrected chi connectivity index (χ2v) is 9.02. The van der Waals surface area contributed by atoms with E-state index in [1.165, 1.54) is 0 Å². The van der Waals surface area contributed by atoms with Crippen LogP contribution in [0.3, 0.4) is 0 Å². The van der Waals surface area contributed by atoms with Crippen LogP contribution >= 0.6 is 0 Å². The van der Waals surface area contributed by atoms with Crippen molar-refractivity contribution in [3.63, 3.8) is 0 Å². The first-order valence-corrected chi connectivity index (χ1v) is 11.8. The second kappa shape index (κ2) is 9.52. The van der Waals surface area contributed by atoms with Crippen molar-refractivity contribution in [2.75, 3.05) is 17.1 Å². The molecule has 0 radical (unpaired) electrons. The first-order chi connectivity index (χ1) is 17.0. The van der Waals surface area contributed by atoms with E-state index in [1.54, 1.807) is 17.1 Å². The van der Waals surface area contributed by atoms with E-state index >= 15 is 0 Å². The van der Waals surface area contributed by atoms with Gasteiger partial charge in [0.25, 0.3) is 0 Å². The average Bonchev–Trinajstić information content (AvgIpc) is 3.36. The third-order valence-corrected chi connectivity index (χ3v) is 6.96. The normalized spacial score (nSPS) is 24.8. The maximum atomic E-state index is 11.6. The number of hydrazone groups is 2. The highest BCUT2D eigenvalue weighted by molar-refractivity contribution is 5.93. The Kier molecular flexibility index (Phi) is 6.28. The number of hydrogen-bond donors (Lipinski definition) is 2. The number of aliphatic hydroxyl groups is 2. The van der Waals surface area contributed by atoms with Crippen LogP contribution in [0.25, 0.3) is 0 Å². The van der Waals surface area contributed by atoms with E-state index in [-0.39, 0.29) is 17.8 Å². The molecule has 0 fully saturated rings. The van der Waals surface area contributed by atoms with Crippen LogP contribution in [0.2, 0.25) is 0 Å². The summed E-state index contributed by atoms with van der Waals surface area (Å²) in [7, 11) is 1.64. The van der Waals surface area contributed by atoms with Crippen molar-refractivity contribution >= 4 is 22.8 Å². The van der Waals surface area contributed by atoms with Crippen LogP contribution in [-0.2, 0) is 0 Å². The number of methoxy groups -OCH3 is 1. The fourth-order valence-electron chi connectivity index (χ4n) is 5.26. The highest BCUT2D eigenvalue weighted by atomic mass is 16.5. The van der Waals surface area contributed by atoms with Gasteiger partial charge in [0.2, 0.25) is 0 Å². The van der Waals surface area contributed by atoms with Crippen molar-refractivity contribution in [2.24, 2.45) is 22.0 Å². The van der Waals surface area contributed by atoms with Crippen LogP contribution in [-0.4, -0.2) is 41.2 Å². The quantitative estimate of drug-likeness (QED) is 0.557. The first-order valence-electron chi connectivity index (χ1n) is 11.8. The molecule has 2 aliphatic rings. The van der Waals surface area contributed by atoms with Gasteiger partial charge in [0.1, 0.15) is 5.75 Å². The summed E-state index contributed by atoms with van der Waals surface area (Å²) >= 11 is 0. The number of aliphatic hydroxyl groups excluding tert-OH is 2. The predicted octanol–water partition coefficient (Wildman–Crippen LogP) is 4.44. The zero-order chi connectivity index (χ0) is 24.5. The maximum Gasteiger partial charge on any atom is 0.156 e. The molecule has 35 heavy (non-hydrogen) atoms. The van der Waals surface area contributed by atoms with Gasteiger partial charge in [0.15, 0.2) is 12.5 Å². The second-order valence-electron chi connectivity index (χ2n) is 9.02. The van der Waals surface area contributed by atoms with E-state index in [0.29, 0.717) is 0 Å². The van der Waals surface area contributed by atoms with Crippen molar-refractivity contribution in [1.29, 1.82) is 0 Å². The van der Waals surface area contributed by atoms with Crippen LogP contribution in [0.4, 0.5) is 11.4 Å². The number of rotatable bonds is 6. The number of nitrogens with zero attached hydrogens (tertiary/aromatic N) is 4. The Morgan fingerprint density at radius 3 is 1.51 bits per heavy atom. The highest BCUT2D eigenvalue weighted by Gasteiger charge is 2.49. The monoisotopic (exact) mass is 470 g/mol. The Morgan fingerprint density at radius 1 is 0.686 bits per heavy atom. The van der Waals surface area contributed by atoms with Crippen LogP contribution in [0, 0.1) is 11.8 Å². The van der Waals surface area contributed by atoms with Crippen molar-refractivity contribution < 1.29 is 14.9 Å². The van der Waals surface area contributed by atoms with E-state index in [4.69, 9.17) is 14.9 Å². The maximum absolute atomic E-state index is 11.6. The standard InChI is InChI=1S/C28H30N4O3/c1-18-24(27(33)31(29-18)21-10-6-4-7-11-21)26(20-14-16-23(35-3)17-15-20)25-19(2)30-32(28(25)34)22-12-8-5-9-13-22/h4-17,24-28,33-34H,1-3H3. The van der Waals surface area contributed by atoms with Crippen molar-refractivity contribution in [2.45, 2.75) is 32.2 Å². The smallest absolute Gasteiger partial charge is 0.156 e. The summed E-state index contributed by atoms with van der Waals surface area (Å²) in [5, 5.41) is 36.0. The predicted molar refractivity (Wildman–Crippen MR) is 139 cm³/mol. The number of ether oxygens (including phenoxy) is 1. The van der Waals surface area contributed by atoms with Gasteiger partial charge in [-0.2, -0.15) is 10.2 Å². The third kappa shape index (κ3) is 4.17. The SMILES string of the molecule is COc1ccc(C(C2C(C)=NN(c3ccccc3)C2O)C2C(C)=NN(c3ccccc3)C2O)cc1. The molecule has 3 aromatic rings. The Balaban J connectivity index is 1.56. The number of benzene rings is 3. The molecule has 4 unspecified atom stereocenters. The van der Waals surface area contributed by atoms with Gasteiger partial charge < -0.3 is 14.9 Å². The van der Waals surface area contributed by atoms with Crippen LogP contribution in [0.1, 0.15) is 25.3 Å². The summed E-state index contributed by atoms with van der Waals surface area (Å²) in [5.41, 5.74) is 4.23. The molecule has 2 heterocycles. The summed E-state index contributed by atoms with van der Waals surface area (Å²) in [6.07, 6.45) is -1.79. The van der Waals surface area contributed by atoms with Crippen molar-refractivity contribution in [3.05, 3.63) is 90.5 Å². The summed E-state index contributed by atoms with van der Waals surface area (Å²) in [6.45, 7) is 3.88. The molecule has 0 amide bonds. The highest BCUT2D eigenvalue weighted by Crippen LogP contribution is 2.45. The lowest BCUT2D eigenvalue weighted by Crippen LogP contribution is -2.44. The molecular formula is C28H30N4O3. The molecule has 2 aliphatic heterocycles. The van der Waals surface area contributed by atoms with Crippen LogP contribution < -0.4 is 14.8 Å². The Bertz CT molecular complexity index is 1140. The minimum absolute atomic E-state index is 0.277. The molecule has 0 bridgehead atoms. The van der Waals surface area contributed by atoms with Gasteiger partial charge in [-0.1, -0.05) is 48.5 Å². The lowest BCUT2D eigenvalue weighted by Gasteiger charge is -2.35. The van der Waals surface area contributed by atoms with Gasteiger partial charge in [-0.3, -0.25) is 0 Å². The topological polar surface area (TPSA) is 80.9 Å². The Morgan fingerprint density at radius 2 is 1.11 bits per heavy atom. The van der Waals surface area contributed by atoms with Gasteiger partial charge in [0, 0.05) is 17.3 Å². The van der Waals surface area contributed by atoms with E-state index in [9.17, 15) is 10.2 Å². The third-order valence-electron chi connectivity index (χ3n) is 6.96. The lowest BCUT2D eigenvalue weighted by molar-refractivity contribution is 0.0885. The van der Waals surface area contributed by atoms with E-state index < -0.39 is 12.5 Å². The van der Waals surface area contributed by atoms with E-state index in [1.807, 2.05) is 98.8 Å². The first kappa shape index (κ1) is 23.1. The number of hydrogen-bond acceptors (Lipinski definition) is 7. The minimum Gasteiger partial charge on any atom is -0.497 e. The molecule has 0 saturated heterocycles. The molecule has 0 spiro atoms. The zero-order valence-electron chi connectivity index (χ0n) is 20.1. The van der Waals surface area contributed by atoms with E-state index in [2.05, 4.69) is 0 Å². The Labute approximate surface area is 205 Å².